The van der Waals surface area contributed by atoms with Crippen molar-refractivity contribution >= 4 is 11.8 Å². The maximum atomic E-state index is 13.2. The average Bonchev–Trinajstić information content (AvgIpc) is 2.72. The third-order valence-corrected chi connectivity index (χ3v) is 5.29. The molecule has 0 aliphatic rings. The summed E-state index contributed by atoms with van der Waals surface area (Å²) in [6, 6.07) is 10.8. The van der Waals surface area contributed by atoms with Crippen LogP contribution in [0.2, 0.25) is 0 Å². The number of carbonyl (C=O) groups excluding carboxylic acids is 2. The smallest absolute Gasteiger partial charge is 0.261 e. The average molecular weight is 441 g/mol. The summed E-state index contributed by atoms with van der Waals surface area (Å²) < 4.78 is 11.1. The van der Waals surface area contributed by atoms with Crippen LogP contribution in [0.4, 0.5) is 0 Å². The molecule has 6 nitrogen and oxygen atoms in total. The summed E-state index contributed by atoms with van der Waals surface area (Å²) in [5.41, 5.74) is 3.69. The van der Waals surface area contributed by atoms with E-state index in [1.165, 1.54) is 0 Å². The van der Waals surface area contributed by atoms with Crippen molar-refractivity contribution < 1.29 is 19.1 Å². The van der Waals surface area contributed by atoms with E-state index in [1.807, 2.05) is 71.9 Å². The van der Waals surface area contributed by atoms with E-state index >= 15 is 0 Å². The van der Waals surface area contributed by atoms with E-state index < -0.39 is 11.6 Å². The van der Waals surface area contributed by atoms with E-state index in [9.17, 15) is 9.59 Å². The fraction of sp³-hybridized carbons (Fsp3) is 0.462. The van der Waals surface area contributed by atoms with Crippen LogP contribution >= 0.6 is 0 Å². The Balaban J connectivity index is 2.23. The highest BCUT2D eigenvalue weighted by Gasteiger charge is 2.28. The topological polar surface area (TPSA) is 67.9 Å². The highest BCUT2D eigenvalue weighted by Crippen LogP contribution is 2.23. The standard InChI is InChI=1S/C26H36N2O4/c1-17-13-18(2)19(3)23(14-17)32-16-24(29)28(20(4)25(30)27-26(5,6)7)15-21-9-11-22(31-8)12-10-21/h9-14,20H,15-16H2,1-8H3,(H,27,30). The lowest BCUT2D eigenvalue weighted by Crippen LogP contribution is -2.53. The fourth-order valence-corrected chi connectivity index (χ4v) is 3.36. The molecule has 0 heterocycles. The Morgan fingerprint density at radius 3 is 2.25 bits per heavy atom. The van der Waals surface area contributed by atoms with Gasteiger partial charge < -0.3 is 19.7 Å². The minimum absolute atomic E-state index is 0.146. The number of amides is 2. The molecule has 0 aliphatic heterocycles. The summed E-state index contributed by atoms with van der Waals surface area (Å²) in [6.45, 7) is 13.6. The van der Waals surface area contributed by atoms with Gasteiger partial charge in [0.15, 0.2) is 6.61 Å². The van der Waals surface area contributed by atoms with Crippen LogP contribution in [0.25, 0.3) is 0 Å². The summed E-state index contributed by atoms with van der Waals surface area (Å²) in [5.74, 6) is 0.962. The van der Waals surface area contributed by atoms with Gasteiger partial charge in [-0.3, -0.25) is 9.59 Å². The molecule has 174 valence electrons. The largest absolute Gasteiger partial charge is 0.497 e. The highest BCUT2D eigenvalue weighted by molar-refractivity contribution is 5.88. The maximum Gasteiger partial charge on any atom is 0.261 e. The van der Waals surface area contributed by atoms with Gasteiger partial charge in [0.25, 0.3) is 5.91 Å². The highest BCUT2D eigenvalue weighted by atomic mass is 16.5. The summed E-state index contributed by atoms with van der Waals surface area (Å²) in [6.07, 6.45) is 0. The fourth-order valence-electron chi connectivity index (χ4n) is 3.36. The first-order valence-electron chi connectivity index (χ1n) is 10.9. The molecule has 0 fully saturated rings. The van der Waals surface area contributed by atoms with Crippen molar-refractivity contribution in [3.8, 4) is 11.5 Å². The van der Waals surface area contributed by atoms with Gasteiger partial charge in [0.05, 0.1) is 7.11 Å². The molecule has 1 atom stereocenters. The molecule has 1 unspecified atom stereocenters. The Morgan fingerprint density at radius 2 is 1.69 bits per heavy atom. The van der Waals surface area contributed by atoms with Gasteiger partial charge in [0.1, 0.15) is 17.5 Å². The molecular weight excluding hydrogens is 404 g/mol. The number of nitrogens with zero attached hydrogens (tertiary/aromatic N) is 1. The lowest BCUT2D eigenvalue weighted by atomic mass is 10.1. The molecule has 0 spiro atoms. The second kappa shape index (κ2) is 10.5. The van der Waals surface area contributed by atoms with E-state index in [-0.39, 0.29) is 25.0 Å². The lowest BCUT2D eigenvalue weighted by Gasteiger charge is -2.31. The van der Waals surface area contributed by atoms with Crippen molar-refractivity contribution in [2.24, 2.45) is 0 Å². The third kappa shape index (κ3) is 7.01. The van der Waals surface area contributed by atoms with Gasteiger partial charge in [-0.25, -0.2) is 0 Å². The van der Waals surface area contributed by atoms with Crippen LogP contribution in [0.3, 0.4) is 0 Å². The second-order valence-electron chi connectivity index (χ2n) is 9.28. The zero-order valence-electron chi connectivity index (χ0n) is 20.5. The quantitative estimate of drug-likeness (QED) is 0.663. The minimum atomic E-state index is -0.659. The van der Waals surface area contributed by atoms with Crippen LogP contribution in [-0.2, 0) is 16.1 Å². The number of nitrogens with one attached hydrogen (secondary N) is 1. The zero-order chi connectivity index (χ0) is 24.1. The molecule has 2 amide bonds. The molecule has 6 heteroatoms. The van der Waals surface area contributed by atoms with E-state index in [2.05, 4.69) is 11.4 Å². The van der Waals surface area contributed by atoms with Crippen LogP contribution in [0.15, 0.2) is 36.4 Å². The number of hydrogen-bond acceptors (Lipinski definition) is 4. The van der Waals surface area contributed by atoms with Gasteiger partial charge in [0.2, 0.25) is 5.91 Å². The normalized spacial score (nSPS) is 12.1. The summed E-state index contributed by atoms with van der Waals surface area (Å²) in [7, 11) is 1.61. The predicted octanol–water partition coefficient (Wildman–Crippen LogP) is 4.33. The van der Waals surface area contributed by atoms with Gasteiger partial charge in [-0.15, -0.1) is 0 Å². The zero-order valence-corrected chi connectivity index (χ0v) is 20.5. The van der Waals surface area contributed by atoms with Gasteiger partial charge in [0, 0.05) is 12.1 Å². The number of methoxy groups -OCH3 is 1. The molecule has 0 saturated heterocycles. The molecular formula is C26H36N2O4. The Morgan fingerprint density at radius 1 is 1.06 bits per heavy atom. The van der Waals surface area contributed by atoms with Gasteiger partial charge in [-0.05, 0) is 88.9 Å². The predicted molar refractivity (Wildman–Crippen MR) is 127 cm³/mol. The first-order chi connectivity index (χ1) is 14.9. The van der Waals surface area contributed by atoms with Crippen LogP contribution in [0.1, 0.15) is 49.9 Å². The van der Waals surface area contributed by atoms with E-state index in [4.69, 9.17) is 9.47 Å². The molecule has 0 bridgehead atoms. The van der Waals surface area contributed by atoms with Crippen molar-refractivity contribution in [1.29, 1.82) is 0 Å². The monoisotopic (exact) mass is 440 g/mol. The number of rotatable bonds is 8. The molecule has 32 heavy (non-hydrogen) atoms. The van der Waals surface area contributed by atoms with Crippen molar-refractivity contribution in [3.63, 3.8) is 0 Å². The Bertz CT molecular complexity index is 946. The Hall–Kier alpha value is -3.02. The second-order valence-corrected chi connectivity index (χ2v) is 9.28. The molecule has 0 aromatic heterocycles. The number of carbonyl (C=O) groups is 2. The molecule has 1 N–H and O–H groups in total. The lowest BCUT2D eigenvalue weighted by molar-refractivity contribution is -0.142. The maximum absolute atomic E-state index is 13.2. The summed E-state index contributed by atoms with van der Waals surface area (Å²) in [4.78, 5) is 27.6. The molecule has 0 radical (unpaired) electrons. The van der Waals surface area contributed by atoms with Crippen LogP contribution in [0.5, 0.6) is 11.5 Å². The number of ether oxygens (including phenoxy) is 2. The van der Waals surface area contributed by atoms with Crippen LogP contribution < -0.4 is 14.8 Å². The molecule has 0 aliphatic carbocycles. The van der Waals surface area contributed by atoms with Gasteiger partial charge in [-0.1, -0.05) is 18.2 Å². The summed E-state index contributed by atoms with van der Waals surface area (Å²) >= 11 is 0. The molecule has 2 aromatic rings. The van der Waals surface area contributed by atoms with Gasteiger partial charge >= 0.3 is 0 Å². The van der Waals surface area contributed by atoms with Crippen molar-refractivity contribution in [2.75, 3.05) is 13.7 Å². The van der Waals surface area contributed by atoms with E-state index in [0.717, 1.165) is 28.0 Å². The van der Waals surface area contributed by atoms with Gasteiger partial charge in [-0.2, -0.15) is 0 Å². The molecule has 0 saturated carbocycles. The molecule has 2 aromatic carbocycles. The Labute approximate surface area is 191 Å². The number of hydrogen-bond donors (Lipinski definition) is 1. The van der Waals surface area contributed by atoms with Crippen LogP contribution in [-0.4, -0.2) is 42.0 Å². The Kier molecular flexibility index (Phi) is 8.31. The number of aryl methyl sites for hydroxylation is 2. The van der Waals surface area contributed by atoms with Crippen molar-refractivity contribution in [3.05, 3.63) is 58.7 Å². The summed E-state index contributed by atoms with van der Waals surface area (Å²) in [5, 5.41) is 2.96. The third-order valence-electron chi connectivity index (χ3n) is 5.29. The number of benzene rings is 2. The van der Waals surface area contributed by atoms with Crippen LogP contribution in [0, 0.1) is 20.8 Å². The molecule has 2 rings (SSSR count). The minimum Gasteiger partial charge on any atom is -0.497 e. The first-order valence-corrected chi connectivity index (χ1v) is 10.9. The first kappa shape index (κ1) is 25.2. The van der Waals surface area contributed by atoms with Crippen molar-refractivity contribution in [1.82, 2.24) is 10.2 Å². The SMILES string of the molecule is COc1ccc(CN(C(=O)COc2cc(C)cc(C)c2C)C(C)C(=O)NC(C)(C)C)cc1. The van der Waals surface area contributed by atoms with E-state index in [0.29, 0.717) is 5.75 Å². The van der Waals surface area contributed by atoms with Crippen molar-refractivity contribution in [2.45, 2.75) is 66.6 Å². The van der Waals surface area contributed by atoms with E-state index in [1.54, 1.807) is 18.9 Å².